The van der Waals surface area contributed by atoms with Crippen molar-refractivity contribution in [3.8, 4) is 0 Å². The molecule has 0 saturated heterocycles. The van der Waals surface area contributed by atoms with Crippen LogP contribution in [0.2, 0.25) is 0 Å². The van der Waals surface area contributed by atoms with E-state index in [1.165, 1.54) is 13.4 Å². The zero-order valence-corrected chi connectivity index (χ0v) is 12.9. The second-order valence-electron chi connectivity index (χ2n) is 5.24. The van der Waals surface area contributed by atoms with Crippen molar-refractivity contribution in [3.05, 3.63) is 24.3 Å². The molecular formula is C14H20N2O4S. The molecule has 7 heteroatoms. The van der Waals surface area contributed by atoms with Gasteiger partial charge < -0.3 is 10.1 Å². The summed E-state index contributed by atoms with van der Waals surface area (Å²) in [5.41, 5.74) is 1.46. The maximum atomic E-state index is 11.7. The number of carbonyl (C=O) groups excluding carboxylic acids is 1. The highest BCUT2D eigenvalue weighted by molar-refractivity contribution is 7.91. The molecule has 1 aromatic rings. The monoisotopic (exact) mass is 312 g/mol. The zero-order valence-electron chi connectivity index (χ0n) is 12.1. The summed E-state index contributed by atoms with van der Waals surface area (Å²) >= 11 is 0. The molecule has 1 amide bonds. The Morgan fingerprint density at radius 2 is 1.81 bits per heavy atom. The average Bonchev–Trinajstić information content (AvgIpc) is 2.89. The first-order valence-electron chi connectivity index (χ1n) is 6.80. The molecule has 21 heavy (non-hydrogen) atoms. The van der Waals surface area contributed by atoms with E-state index in [0.717, 1.165) is 18.5 Å². The van der Waals surface area contributed by atoms with Gasteiger partial charge in [-0.1, -0.05) is 0 Å². The van der Waals surface area contributed by atoms with Gasteiger partial charge in [0, 0.05) is 23.7 Å². The van der Waals surface area contributed by atoms with Gasteiger partial charge in [-0.25, -0.2) is 13.2 Å². The third kappa shape index (κ3) is 4.10. The standard InChI is InChI=1S/C14H20N2O4S/c1-20-14(17)16-11-8-6-10(7-9-11)15-12-4-3-5-13(12)21(2,18)19/h6-9,12-13,15H,3-5H2,1-2H3,(H,16,17). The number of ether oxygens (including phenoxy) is 1. The molecule has 0 radical (unpaired) electrons. The fourth-order valence-corrected chi connectivity index (χ4v) is 4.03. The number of benzene rings is 1. The number of rotatable bonds is 4. The Bertz CT molecular complexity index is 598. The Balaban J connectivity index is 2.02. The molecule has 2 unspecified atom stereocenters. The highest BCUT2D eigenvalue weighted by atomic mass is 32.2. The number of carbonyl (C=O) groups is 1. The number of hydrogen-bond donors (Lipinski definition) is 2. The quantitative estimate of drug-likeness (QED) is 0.890. The van der Waals surface area contributed by atoms with Gasteiger partial charge in [0.05, 0.1) is 12.4 Å². The minimum Gasteiger partial charge on any atom is -0.453 e. The van der Waals surface area contributed by atoms with Crippen LogP contribution < -0.4 is 10.6 Å². The van der Waals surface area contributed by atoms with Gasteiger partial charge in [-0.2, -0.15) is 0 Å². The molecule has 1 saturated carbocycles. The van der Waals surface area contributed by atoms with E-state index >= 15 is 0 Å². The van der Waals surface area contributed by atoms with Crippen LogP contribution in [0, 0.1) is 0 Å². The molecule has 0 aromatic heterocycles. The van der Waals surface area contributed by atoms with Crippen molar-refractivity contribution in [2.45, 2.75) is 30.6 Å². The third-order valence-electron chi connectivity index (χ3n) is 3.67. The second kappa shape index (κ2) is 6.34. The minimum atomic E-state index is -3.04. The maximum absolute atomic E-state index is 11.7. The number of nitrogens with one attached hydrogen (secondary N) is 2. The molecule has 0 bridgehead atoms. The van der Waals surface area contributed by atoms with Gasteiger partial charge in [0.15, 0.2) is 9.84 Å². The van der Waals surface area contributed by atoms with E-state index in [-0.39, 0.29) is 11.3 Å². The molecule has 1 fully saturated rings. The van der Waals surface area contributed by atoms with Crippen LogP contribution in [-0.2, 0) is 14.6 Å². The lowest BCUT2D eigenvalue weighted by Crippen LogP contribution is -2.34. The number of anilines is 2. The van der Waals surface area contributed by atoms with E-state index in [0.29, 0.717) is 12.1 Å². The fourth-order valence-electron chi connectivity index (χ4n) is 2.64. The molecule has 1 aromatic carbocycles. The van der Waals surface area contributed by atoms with Crippen molar-refractivity contribution in [2.75, 3.05) is 24.0 Å². The van der Waals surface area contributed by atoms with Gasteiger partial charge >= 0.3 is 6.09 Å². The summed E-state index contributed by atoms with van der Waals surface area (Å²) in [5.74, 6) is 0. The van der Waals surface area contributed by atoms with E-state index in [9.17, 15) is 13.2 Å². The van der Waals surface area contributed by atoms with Crippen molar-refractivity contribution < 1.29 is 17.9 Å². The number of methoxy groups -OCH3 is 1. The highest BCUT2D eigenvalue weighted by Crippen LogP contribution is 2.28. The van der Waals surface area contributed by atoms with Crippen LogP contribution in [0.3, 0.4) is 0 Å². The number of sulfone groups is 1. The molecule has 1 aliphatic rings. The molecule has 0 aliphatic heterocycles. The van der Waals surface area contributed by atoms with E-state index in [1.54, 1.807) is 12.1 Å². The Kier molecular flexibility index (Phi) is 4.72. The summed E-state index contributed by atoms with van der Waals surface area (Å²) in [6, 6.07) is 7.04. The summed E-state index contributed by atoms with van der Waals surface area (Å²) in [7, 11) is -1.73. The Labute approximate surface area is 124 Å². The smallest absolute Gasteiger partial charge is 0.411 e. The third-order valence-corrected chi connectivity index (χ3v) is 5.34. The van der Waals surface area contributed by atoms with Crippen LogP contribution in [0.1, 0.15) is 19.3 Å². The first-order chi connectivity index (χ1) is 9.90. The van der Waals surface area contributed by atoms with Gasteiger partial charge in [0.2, 0.25) is 0 Å². The van der Waals surface area contributed by atoms with Crippen molar-refractivity contribution in [3.63, 3.8) is 0 Å². The predicted molar refractivity (Wildman–Crippen MR) is 82.4 cm³/mol. The fraction of sp³-hybridized carbons (Fsp3) is 0.500. The molecule has 1 aliphatic carbocycles. The predicted octanol–water partition coefficient (Wildman–Crippen LogP) is 2.24. The molecule has 0 spiro atoms. The lowest BCUT2D eigenvalue weighted by atomic mass is 10.2. The van der Waals surface area contributed by atoms with Crippen LogP contribution in [0.25, 0.3) is 0 Å². The van der Waals surface area contributed by atoms with Gasteiger partial charge in [0.1, 0.15) is 0 Å². The van der Waals surface area contributed by atoms with Crippen molar-refractivity contribution >= 4 is 27.3 Å². The van der Waals surface area contributed by atoms with E-state index in [2.05, 4.69) is 15.4 Å². The van der Waals surface area contributed by atoms with Crippen molar-refractivity contribution in [1.29, 1.82) is 0 Å². The molecular weight excluding hydrogens is 292 g/mol. The number of amides is 1. The number of hydrogen-bond acceptors (Lipinski definition) is 5. The minimum absolute atomic E-state index is 0.0561. The van der Waals surface area contributed by atoms with Crippen molar-refractivity contribution in [2.24, 2.45) is 0 Å². The lowest BCUT2D eigenvalue weighted by molar-refractivity contribution is 0.187. The van der Waals surface area contributed by atoms with E-state index in [1.807, 2.05) is 12.1 Å². The topological polar surface area (TPSA) is 84.5 Å². The molecule has 0 heterocycles. The van der Waals surface area contributed by atoms with Gasteiger partial charge in [0.25, 0.3) is 0 Å². The van der Waals surface area contributed by atoms with Crippen molar-refractivity contribution in [1.82, 2.24) is 0 Å². The van der Waals surface area contributed by atoms with Gasteiger partial charge in [-0.05, 0) is 43.5 Å². The second-order valence-corrected chi connectivity index (χ2v) is 7.51. The summed E-state index contributed by atoms with van der Waals surface area (Å²) in [5, 5.41) is 5.50. The van der Waals surface area contributed by atoms with Gasteiger partial charge in [-0.3, -0.25) is 5.32 Å². The molecule has 116 valence electrons. The first-order valence-corrected chi connectivity index (χ1v) is 8.76. The lowest BCUT2D eigenvalue weighted by Gasteiger charge is -2.20. The average molecular weight is 312 g/mol. The maximum Gasteiger partial charge on any atom is 0.411 e. The van der Waals surface area contributed by atoms with E-state index in [4.69, 9.17) is 0 Å². The molecule has 2 N–H and O–H groups in total. The first kappa shape index (κ1) is 15.6. The molecule has 6 nitrogen and oxygen atoms in total. The van der Waals surface area contributed by atoms with Crippen LogP contribution >= 0.6 is 0 Å². The van der Waals surface area contributed by atoms with Crippen LogP contribution in [0.15, 0.2) is 24.3 Å². The zero-order chi connectivity index (χ0) is 15.5. The van der Waals surface area contributed by atoms with E-state index < -0.39 is 15.9 Å². The SMILES string of the molecule is COC(=O)Nc1ccc(NC2CCCC2S(C)(=O)=O)cc1. The van der Waals surface area contributed by atoms with Gasteiger partial charge in [-0.15, -0.1) is 0 Å². The highest BCUT2D eigenvalue weighted by Gasteiger charge is 2.34. The Hall–Kier alpha value is -1.76. The Morgan fingerprint density at radius 3 is 2.38 bits per heavy atom. The molecule has 2 atom stereocenters. The summed E-state index contributed by atoms with van der Waals surface area (Å²) in [6.07, 6.45) is 3.24. The summed E-state index contributed by atoms with van der Waals surface area (Å²) in [6.45, 7) is 0. The Morgan fingerprint density at radius 1 is 1.19 bits per heavy atom. The molecule has 2 rings (SSSR count). The van der Waals surface area contributed by atoms with Crippen LogP contribution in [-0.4, -0.2) is 39.2 Å². The largest absolute Gasteiger partial charge is 0.453 e. The van der Waals surface area contributed by atoms with Crippen LogP contribution in [0.4, 0.5) is 16.2 Å². The van der Waals surface area contributed by atoms with Crippen LogP contribution in [0.5, 0.6) is 0 Å². The summed E-state index contributed by atoms with van der Waals surface area (Å²) < 4.78 is 28.0. The summed E-state index contributed by atoms with van der Waals surface area (Å²) in [4.78, 5) is 11.1. The normalized spacial score (nSPS) is 21.8.